The van der Waals surface area contributed by atoms with Crippen LogP contribution in [0.2, 0.25) is 0 Å². The van der Waals surface area contributed by atoms with Crippen LogP contribution in [-0.4, -0.2) is 4.98 Å². The smallest absolute Gasteiger partial charge is 0.205 e. The van der Waals surface area contributed by atoms with E-state index in [1.54, 1.807) is 6.20 Å². The van der Waals surface area contributed by atoms with Crippen LogP contribution >= 0.6 is 23.2 Å². The lowest BCUT2D eigenvalue weighted by molar-refractivity contribution is 0.503. The fourth-order valence-electron chi connectivity index (χ4n) is 3.55. The van der Waals surface area contributed by atoms with Gasteiger partial charge in [0.2, 0.25) is 7.29 Å². The number of halogens is 1. The van der Waals surface area contributed by atoms with E-state index in [9.17, 15) is 4.57 Å². The third-order valence-electron chi connectivity index (χ3n) is 5.18. The molecule has 4 aromatic rings. The van der Waals surface area contributed by atoms with Gasteiger partial charge in [-0.15, -0.1) is 0 Å². The molecule has 31 heavy (non-hydrogen) atoms. The van der Waals surface area contributed by atoms with Crippen molar-refractivity contribution in [2.24, 2.45) is 5.73 Å². The molecule has 0 aliphatic carbocycles. The van der Waals surface area contributed by atoms with E-state index in [1.165, 1.54) is 0 Å². The van der Waals surface area contributed by atoms with Gasteiger partial charge in [0, 0.05) is 21.3 Å². The second-order valence-corrected chi connectivity index (χ2v) is 10.6. The summed E-state index contributed by atoms with van der Waals surface area (Å²) in [5.41, 5.74) is 8.39. The first-order valence-electron chi connectivity index (χ1n) is 9.99. The van der Waals surface area contributed by atoms with Crippen molar-refractivity contribution in [3.63, 3.8) is 0 Å². The minimum Gasteiger partial charge on any atom is -0.321 e. The van der Waals surface area contributed by atoms with E-state index in [0.29, 0.717) is 0 Å². The topological polar surface area (TPSA) is 68.0 Å². The summed E-state index contributed by atoms with van der Waals surface area (Å²) < 4.78 is 15.6. The summed E-state index contributed by atoms with van der Waals surface area (Å²) in [4.78, 5) is 4.45. The van der Waals surface area contributed by atoms with Crippen LogP contribution in [0.15, 0.2) is 114 Å². The lowest BCUT2D eigenvalue weighted by atomic mass is 9.98. The first-order chi connectivity index (χ1) is 15.1. The molecule has 0 aliphatic rings. The normalized spacial score (nSPS) is 13.5. The van der Waals surface area contributed by atoms with Crippen LogP contribution in [0.4, 0.5) is 0 Å². The molecule has 0 fully saturated rings. The largest absolute Gasteiger partial charge is 0.321 e. The number of aromatic nitrogens is 1. The van der Waals surface area contributed by atoms with E-state index in [1.807, 2.05) is 103 Å². The number of hydrogen-bond donors (Lipinski definition) is 2. The summed E-state index contributed by atoms with van der Waals surface area (Å²) in [6.07, 6.45) is 1.72. The maximum absolute atomic E-state index is 14.6. The van der Waals surface area contributed by atoms with Gasteiger partial charge in [-0.25, -0.2) is 0 Å². The zero-order valence-corrected chi connectivity index (χ0v) is 19.3. The lowest BCUT2D eigenvalue weighted by Crippen LogP contribution is -2.36. The van der Waals surface area contributed by atoms with Crippen molar-refractivity contribution in [1.82, 2.24) is 10.1 Å². The maximum Gasteiger partial charge on any atom is 0.205 e. The van der Waals surface area contributed by atoms with Crippen LogP contribution in [0, 0.1) is 0 Å². The first kappa shape index (κ1) is 21.7. The van der Waals surface area contributed by atoms with Crippen molar-refractivity contribution >= 4 is 33.8 Å². The van der Waals surface area contributed by atoms with Crippen LogP contribution in [-0.2, 0) is 4.57 Å². The van der Waals surface area contributed by atoms with Gasteiger partial charge >= 0.3 is 0 Å². The Morgan fingerprint density at radius 2 is 1.32 bits per heavy atom. The van der Waals surface area contributed by atoms with E-state index in [2.05, 4.69) is 26.0 Å². The number of nitrogens with two attached hydrogens (primary N) is 1. The van der Waals surface area contributed by atoms with Gasteiger partial charge in [0.25, 0.3) is 0 Å². The number of rotatable bonds is 7. The van der Waals surface area contributed by atoms with Gasteiger partial charge in [-0.1, -0.05) is 70.5 Å². The van der Waals surface area contributed by atoms with Crippen molar-refractivity contribution in [3.05, 3.63) is 125 Å². The summed E-state index contributed by atoms with van der Waals surface area (Å²) in [5, 5.41) is 4.94. The molecular weight excluding hydrogens is 469 g/mol. The minimum atomic E-state index is -3.20. The molecular formula is C25H23BrN3OP. The van der Waals surface area contributed by atoms with E-state index >= 15 is 0 Å². The highest BCUT2D eigenvalue weighted by Crippen LogP contribution is 2.44. The quantitative estimate of drug-likeness (QED) is 0.352. The maximum atomic E-state index is 14.6. The standard InChI is InChI=1S/C25H23BrN3OP/c26-20-16-14-19(15-17-20)25(24(27)23-13-7-8-18-28-23)29-31(30,21-9-3-1-4-10-21)22-11-5-2-6-12-22/h1-18,24-25H,27H2,(H,29,30)/t24-,25+/m0/s1. The van der Waals surface area contributed by atoms with Gasteiger partial charge in [0.05, 0.1) is 17.8 Å². The molecule has 1 aromatic heterocycles. The Kier molecular flexibility index (Phi) is 6.79. The van der Waals surface area contributed by atoms with Gasteiger partial charge in [0.1, 0.15) is 0 Å². The number of nitrogens with one attached hydrogen (secondary N) is 1. The lowest BCUT2D eigenvalue weighted by Gasteiger charge is -2.31. The van der Waals surface area contributed by atoms with Crippen LogP contribution in [0.3, 0.4) is 0 Å². The monoisotopic (exact) mass is 491 g/mol. The Balaban J connectivity index is 1.83. The molecule has 4 rings (SSSR count). The summed E-state index contributed by atoms with van der Waals surface area (Å²) in [6, 6.07) is 31.7. The van der Waals surface area contributed by atoms with Crippen molar-refractivity contribution in [2.75, 3.05) is 0 Å². The van der Waals surface area contributed by atoms with Crippen LogP contribution < -0.4 is 21.4 Å². The molecule has 3 aromatic carbocycles. The van der Waals surface area contributed by atoms with Crippen LogP contribution in [0.5, 0.6) is 0 Å². The Morgan fingerprint density at radius 1 is 0.774 bits per heavy atom. The Morgan fingerprint density at radius 3 is 1.84 bits per heavy atom. The van der Waals surface area contributed by atoms with Crippen molar-refractivity contribution in [2.45, 2.75) is 12.1 Å². The van der Waals surface area contributed by atoms with E-state index in [-0.39, 0.29) is 0 Å². The SMILES string of the molecule is N[C@@H](c1ccccn1)[C@H](NP(=O)(c1ccccc1)c1ccccc1)c1ccc(Br)cc1. The van der Waals surface area contributed by atoms with Gasteiger partial charge in [0.15, 0.2) is 0 Å². The molecule has 4 nitrogen and oxygen atoms in total. The van der Waals surface area contributed by atoms with Crippen molar-refractivity contribution in [3.8, 4) is 0 Å². The zero-order chi connectivity index (χ0) is 21.7. The van der Waals surface area contributed by atoms with Gasteiger partial charge in [-0.2, -0.15) is 0 Å². The molecule has 3 N–H and O–H groups in total. The van der Waals surface area contributed by atoms with E-state index in [0.717, 1.165) is 26.3 Å². The molecule has 0 amide bonds. The highest BCUT2D eigenvalue weighted by molar-refractivity contribution is 9.10. The third kappa shape index (κ3) is 4.86. The van der Waals surface area contributed by atoms with Crippen molar-refractivity contribution in [1.29, 1.82) is 0 Å². The Bertz CT molecular complexity index is 1110. The van der Waals surface area contributed by atoms with Crippen LogP contribution in [0.25, 0.3) is 0 Å². The highest BCUT2D eigenvalue weighted by Gasteiger charge is 2.34. The van der Waals surface area contributed by atoms with Crippen LogP contribution in [0.1, 0.15) is 23.3 Å². The predicted molar refractivity (Wildman–Crippen MR) is 131 cm³/mol. The number of hydrogen-bond acceptors (Lipinski definition) is 3. The van der Waals surface area contributed by atoms with Crippen molar-refractivity contribution < 1.29 is 4.57 Å². The van der Waals surface area contributed by atoms with E-state index < -0.39 is 19.4 Å². The molecule has 0 unspecified atom stereocenters. The van der Waals surface area contributed by atoms with Gasteiger partial charge in [-0.3, -0.25) is 14.6 Å². The number of benzene rings is 3. The molecule has 156 valence electrons. The second-order valence-electron chi connectivity index (χ2n) is 7.22. The molecule has 1 heterocycles. The molecule has 0 saturated heterocycles. The molecule has 6 heteroatoms. The summed E-state index contributed by atoms with van der Waals surface area (Å²) in [6.45, 7) is 0. The molecule has 0 aliphatic heterocycles. The average molecular weight is 492 g/mol. The number of pyridine rings is 1. The summed E-state index contributed by atoms with van der Waals surface area (Å²) >= 11 is 3.49. The fraction of sp³-hybridized carbons (Fsp3) is 0.0800. The Labute approximate surface area is 191 Å². The van der Waals surface area contributed by atoms with E-state index in [4.69, 9.17) is 5.73 Å². The molecule has 0 spiro atoms. The van der Waals surface area contributed by atoms with Gasteiger partial charge < -0.3 is 5.73 Å². The predicted octanol–water partition coefficient (Wildman–Crippen LogP) is 5.10. The second kappa shape index (κ2) is 9.71. The third-order valence-corrected chi connectivity index (χ3v) is 8.40. The molecule has 0 bridgehead atoms. The average Bonchev–Trinajstić information content (AvgIpc) is 2.84. The number of nitrogens with zero attached hydrogens (tertiary/aromatic N) is 1. The molecule has 0 radical (unpaired) electrons. The fourth-order valence-corrected chi connectivity index (χ4v) is 6.29. The zero-order valence-electron chi connectivity index (χ0n) is 16.8. The first-order valence-corrected chi connectivity index (χ1v) is 12.5. The summed E-state index contributed by atoms with van der Waals surface area (Å²) in [7, 11) is -3.20. The minimum absolute atomic E-state index is 0.422. The Hall–Kier alpha value is -2.56. The highest BCUT2D eigenvalue weighted by atomic mass is 79.9. The van der Waals surface area contributed by atoms with Gasteiger partial charge in [-0.05, 0) is 54.1 Å². The molecule has 0 saturated carbocycles. The molecule has 2 atom stereocenters. The summed E-state index contributed by atoms with van der Waals surface area (Å²) in [5.74, 6) is 0.